The van der Waals surface area contributed by atoms with Crippen LogP contribution in [-0.2, 0) is 9.59 Å². The molecule has 2 amide bonds. The van der Waals surface area contributed by atoms with Crippen molar-refractivity contribution in [1.29, 1.82) is 0 Å². The Kier molecular flexibility index (Phi) is 3.87. The molecule has 33 heavy (non-hydrogen) atoms. The first-order chi connectivity index (χ1) is 15.8. The molecule has 0 bridgehead atoms. The monoisotopic (exact) mass is 445 g/mol. The Morgan fingerprint density at radius 1 is 1.00 bits per heavy atom. The van der Waals surface area contributed by atoms with Crippen LogP contribution < -0.4 is 4.90 Å². The fourth-order valence-corrected chi connectivity index (χ4v) is 6.43. The lowest BCUT2D eigenvalue weighted by Crippen LogP contribution is -2.59. The number of carbonyl (C=O) groups is 4. The van der Waals surface area contributed by atoms with Crippen molar-refractivity contribution in [3.05, 3.63) is 69.3 Å². The quantitative estimate of drug-likeness (QED) is 0.301. The van der Waals surface area contributed by atoms with Crippen LogP contribution in [0.4, 0.5) is 11.4 Å². The van der Waals surface area contributed by atoms with Gasteiger partial charge in [-0.15, -0.1) is 0 Å². The number of ketones is 2. The van der Waals surface area contributed by atoms with Crippen LogP contribution in [0.5, 0.6) is 0 Å². The number of nitro benzene ring substituents is 1. The maximum atomic E-state index is 13.9. The molecule has 2 aromatic rings. The lowest BCUT2D eigenvalue weighted by molar-refractivity contribution is -0.384. The molecule has 1 aliphatic carbocycles. The largest absolute Gasteiger partial charge is 0.291 e. The molecule has 9 nitrogen and oxygen atoms in total. The first kappa shape index (κ1) is 19.9. The number of Topliss-reactive ketones (excluding diaryl/α,β-unsaturated/α-hetero) is 2. The van der Waals surface area contributed by atoms with Gasteiger partial charge < -0.3 is 0 Å². The fraction of sp³-hybridized carbons (Fsp3) is 0.333. The minimum Gasteiger partial charge on any atom is -0.291 e. The Morgan fingerprint density at radius 2 is 1.67 bits per heavy atom. The van der Waals surface area contributed by atoms with Gasteiger partial charge in [0, 0.05) is 29.3 Å². The summed E-state index contributed by atoms with van der Waals surface area (Å²) in [5.41, 5.74) is -0.773. The third kappa shape index (κ3) is 2.20. The Labute approximate surface area is 188 Å². The summed E-state index contributed by atoms with van der Waals surface area (Å²) in [7, 11) is 0. The van der Waals surface area contributed by atoms with E-state index in [-0.39, 0.29) is 22.5 Å². The number of imide groups is 1. The summed E-state index contributed by atoms with van der Waals surface area (Å²) in [5.74, 6) is -4.00. The number of benzene rings is 2. The summed E-state index contributed by atoms with van der Waals surface area (Å²) < 4.78 is 0. The van der Waals surface area contributed by atoms with Gasteiger partial charge in [-0.25, -0.2) is 4.90 Å². The van der Waals surface area contributed by atoms with Crippen LogP contribution in [0.15, 0.2) is 42.5 Å². The van der Waals surface area contributed by atoms with Crippen LogP contribution in [-0.4, -0.2) is 51.3 Å². The number of nitro groups is 1. The fourth-order valence-electron chi connectivity index (χ4n) is 6.43. The molecule has 3 fully saturated rings. The van der Waals surface area contributed by atoms with Gasteiger partial charge in [0.25, 0.3) is 5.69 Å². The molecule has 0 N–H and O–H groups in total. The van der Waals surface area contributed by atoms with Crippen molar-refractivity contribution in [2.75, 3.05) is 11.4 Å². The second-order valence-electron chi connectivity index (χ2n) is 9.12. The van der Waals surface area contributed by atoms with Crippen molar-refractivity contribution in [3.8, 4) is 0 Å². The summed E-state index contributed by atoms with van der Waals surface area (Å²) in [4.78, 5) is 68.6. The summed E-state index contributed by atoms with van der Waals surface area (Å²) in [6, 6.07) is 10.1. The molecule has 3 aliphatic heterocycles. The van der Waals surface area contributed by atoms with E-state index in [0.29, 0.717) is 24.9 Å². The lowest BCUT2D eigenvalue weighted by atomic mass is 9.76. The van der Waals surface area contributed by atoms with Crippen molar-refractivity contribution in [1.82, 2.24) is 4.90 Å². The molecule has 4 aliphatic rings. The third-order valence-corrected chi connectivity index (χ3v) is 7.72. The topological polar surface area (TPSA) is 118 Å². The van der Waals surface area contributed by atoms with Crippen LogP contribution in [0, 0.1) is 28.9 Å². The van der Waals surface area contributed by atoms with E-state index in [1.165, 1.54) is 18.2 Å². The van der Waals surface area contributed by atoms with E-state index in [1.54, 1.807) is 36.1 Å². The van der Waals surface area contributed by atoms with E-state index in [2.05, 4.69) is 0 Å². The van der Waals surface area contributed by atoms with Gasteiger partial charge in [-0.2, -0.15) is 0 Å². The molecule has 3 heterocycles. The summed E-state index contributed by atoms with van der Waals surface area (Å²) in [6.45, 7) is 2.12. The Balaban J connectivity index is 1.54. The average molecular weight is 445 g/mol. The highest BCUT2D eigenvalue weighted by Gasteiger charge is 2.76. The number of anilines is 1. The van der Waals surface area contributed by atoms with E-state index in [9.17, 15) is 29.3 Å². The molecule has 2 aromatic carbocycles. The average Bonchev–Trinajstić information content (AvgIpc) is 3.49. The van der Waals surface area contributed by atoms with Crippen molar-refractivity contribution < 1.29 is 24.1 Å². The number of hydrogen-bond donors (Lipinski definition) is 0. The molecule has 0 saturated carbocycles. The minimum atomic E-state index is -1.73. The van der Waals surface area contributed by atoms with E-state index >= 15 is 0 Å². The maximum absolute atomic E-state index is 13.9. The highest BCUT2D eigenvalue weighted by molar-refractivity contribution is 6.37. The highest BCUT2D eigenvalue weighted by Crippen LogP contribution is 2.57. The number of nitrogens with zero attached hydrogens (tertiary/aromatic N) is 3. The highest BCUT2D eigenvalue weighted by atomic mass is 16.6. The van der Waals surface area contributed by atoms with Crippen molar-refractivity contribution in [2.24, 2.45) is 11.8 Å². The number of non-ortho nitro benzene ring substituents is 1. The van der Waals surface area contributed by atoms with Gasteiger partial charge in [0.1, 0.15) is 0 Å². The molecule has 166 valence electrons. The summed E-state index contributed by atoms with van der Waals surface area (Å²) in [6.07, 6.45) is 1.31. The van der Waals surface area contributed by atoms with Gasteiger partial charge >= 0.3 is 0 Å². The van der Waals surface area contributed by atoms with Gasteiger partial charge in [0.15, 0.2) is 17.1 Å². The second kappa shape index (κ2) is 6.41. The molecule has 0 radical (unpaired) electrons. The normalized spacial score (nSPS) is 27.4. The van der Waals surface area contributed by atoms with E-state index in [1.807, 2.05) is 0 Å². The van der Waals surface area contributed by atoms with Crippen molar-refractivity contribution >= 4 is 34.8 Å². The number of carbonyl (C=O) groups excluding carboxylic acids is 4. The number of fused-ring (bicyclic) bond motifs is 6. The van der Waals surface area contributed by atoms with Crippen molar-refractivity contribution in [3.63, 3.8) is 0 Å². The zero-order valence-electron chi connectivity index (χ0n) is 17.7. The van der Waals surface area contributed by atoms with Gasteiger partial charge in [-0.3, -0.25) is 34.2 Å². The molecular formula is C24H19N3O6. The van der Waals surface area contributed by atoms with Crippen LogP contribution in [0.25, 0.3) is 0 Å². The number of amides is 2. The Hall–Kier alpha value is -3.72. The number of hydrogen-bond acceptors (Lipinski definition) is 7. The molecular weight excluding hydrogens is 426 g/mol. The number of aryl methyl sites for hydroxylation is 1. The van der Waals surface area contributed by atoms with Crippen molar-refractivity contribution in [2.45, 2.75) is 31.3 Å². The van der Waals surface area contributed by atoms with Gasteiger partial charge in [0.2, 0.25) is 11.8 Å². The summed E-state index contributed by atoms with van der Waals surface area (Å²) in [5, 5.41) is 11.3. The number of rotatable bonds is 2. The van der Waals surface area contributed by atoms with Crippen LogP contribution in [0.3, 0.4) is 0 Å². The van der Waals surface area contributed by atoms with Gasteiger partial charge in [0.05, 0.1) is 22.4 Å². The predicted molar refractivity (Wildman–Crippen MR) is 115 cm³/mol. The van der Waals surface area contributed by atoms with Crippen LogP contribution >= 0.6 is 0 Å². The Bertz CT molecular complexity index is 1280. The minimum absolute atomic E-state index is 0.128. The van der Waals surface area contributed by atoms with Gasteiger partial charge in [-0.05, 0) is 31.9 Å². The molecule has 9 heteroatoms. The smallest absolute Gasteiger partial charge is 0.271 e. The van der Waals surface area contributed by atoms with E-state index in [0.717, 1.165) is 4.90 Å². The zero-order valence-corrected chi connectivity index (χ0v) is 17.7. The standard InChI is InChI=1S/C24H19N3O6/c1-12-8-9-13(27(32)33)11-17(12)26-22(30)18-16-7-4-10-25(16)24(19(18)23(26)31)20(28)14-5-2-3-6-15(14)21(24)29/h2-3,5-6,8-9,11,16,18-19H,4,7,10H2,1H3/t16-,18+,19+/m1/s1. The van der Waals surface area contributed by atoms with E-state index < -0.39 is 51.7 Å². The van der Waals surface area contributed by atoms with E-state index in [4.69, 9.17) is 0 Å². The molecule has 0 aromatic heterocycles. The summed E-state index contributed by atoms with van der Waals surface area (Å²) >= 11 is 0. The zero-order chi connectivity index (χ0) is 23.2. The molecule has 3 atom stereocenters. The molecule has 1 spiro atoms. The van der Waals surface area contributed by atoms with Crippen LogP contribution in [0.2, 0.25) is 0 Å². The molecule has 3 saturated heterocycles. The maximum Gasteiger partial charge on any atom is 0.271 e. The molecule has 6 rings (SSSR count). The third-order valence-electron chi connectivity index (χ3n) is 7.72. The predicted octanol–water partition coefficient (Wildman–Crippen LogP) is 2.30. The van der Waals surface area contributed by atoms with Gasteiger partial charge in [-0.1, -0.05) is 30.3 Å². The SMILES string of the molecule is Cc1ccc([N+](=O)[O-])cc1N1C(=O)[C@H]2[C@H]3CCCN3C3(C(=O)c4ccccc4C3=O)[C@@H]2C1=O. The second-order valence-corrected chi connectivity index (χ2v) is 9.12. The Morgan fingerprint density at radius 3 is 2.30 bits per heavy atom. The molecule has 0 unspecified atom stereocenters. The first-order valence-electron chi connectivity index (χ1n) is 10.9. The lowest BCUT2D eigenvalue weighted by Gasteiger charge is -2.35. The first-order valence-corrected chi connectivity index (χ1v) is 10.9. The van der Waals surface area contributed by atoms with Crippen LogP contribution in [0.1, 0.15) is 39.1 Å².